The molecule has 3 aromatic rings. The fourth-order valence-electron chi connectivity index (χ4n) is 2.88. The minimum Gasteiger partial charge on any atom is -0.337 e. The van der Waals surface area contributed by atoms with E-state index in [1.807, 2.05) is 63.2 Å². The molecule has 0 aliphatic rings. The third-order valence-electron chi connectivity index (χ3n) is 5.44. The SMILES string of the molecule is CC(C)(C)OO.CC(C)(C)OOc1ccccc1.CC(C)(CCC(C)(C)OOC(=O)c1ccccc1)OOC(=O)c1ccccc1. The topological polar surface area (TPSA) is 119 Å². The van der Waals surface area contributed by atoms with Gasteiger partial charge in [-0.15, -0.1) is 0 Å². The lowest BCUT2D eigenvalue weighted by Crippen LogP contribution is -2.32. The molecule has 0 fully saturated rings. The Balaban J connectivity index is 0.000000480. The Morgan fingerprint density at radius 2 is 0.848 bits per heavy atom. The fourth-order valence-corrected chi connectivity index (χ4v) is 2.88. The first-order chi connectivity index (χ1) is 21.3. The van der Waals surface area contributed by atoms with Crippen molar-refractivity contribution in [1.29, 1.82) is 0 Å². The van der Waals surface area contributed by atoms with Gasteiger partial charge < -0.3 is 4.89 Å². The van der Waals surface area contributed by atoms with Crippen LogP contribution in [0.3, 0.4) is 0 Å². The van der Waals surface area contributed by atoms with Crippen molar-refractivity contribution < 1.29 is 49.1 Å². The van der Waals surface area contributed by atoms with Gasteiger partial charge in [-0.3, -0.25) is 15.0 Å². The molecule has 0 bridgehead atoms. The molecule has 254 valence electrons. The molecule has 0 atom stereocenters. The zero-order valence-electron chi connectivity index (χ0n) is 28.7. The van der Waals surface area contributed by atoms with Crippen molar-refractivity contribution in [1.82, 2.24) is 0 Å². The molecule has 0 saturated heterocycles. The fraction of sp³-hybridized carbons (Fsp3) is 0.444. The second kappa shape index (κ2) is 19.0. The van der Waals surface area contributed by atoms with Gasteiger partial charge in [0.15, 0.2) is 5.75 Å². The van der Waals surface area contributed by atoms with Crippen LogP contribution in [0.25, 0.3) is 0 Å². The van der Waals surface area contributed by atoms with Gasteiger partial charge in [-0.05, 0) is 118 Å². The molecule has 0 unspecified atom stereocenters. The van der Waals surface area contributed by atoms with Crippen LogP contribution in [-0.4, -0.2) is 39.6 Å². The Morgan fingerprint density at radius 3 is 1.15 bits per heavy atom. The average molecular weight is 643 g/mol. The molecule has 10 nitrogen and oxygen atoms in total. The first-order valence-corrected chi connectivity index (χ1v) is 15.0. The third kappa shape index (κ3) is 19.6. The maximum absolute atomic E-state index is 12.0. The van der Waals surface area contributed by atoms with E-state index >= 15 is 0 Å². The largest absolute Gasteiger partial charge is 0.373 e. The predicted molar refractivity (Wildman–Crippen MR) is 175 cm³/mol. The molecule has 3 rings (SSSR count). The zero-order chi connectivity index (χ0) is 34.9. The minimum atomic E-state index is -0.742. The highest BCUT2D eigenvalue weighted by molar-refractivity contribution is 5.89. The van der Waals surface area contributed by atoms with Crippen LogP contribution in [-0.2, 0) is 29.3 Å². The smallest absolute Gasteiger partial charge is 0.337 e. The standard InChI is InChI=1S/C22H26O6.C10H14O2.C4H10O2/c1-21(2,27-25-19(23)17-11-7-5-8-12-17)15-16-22(3,4)28-26-20(24)18-13-9-6-10-14-18;1-10(2,3)12-11-9-7-5-4-6-8-9;1-4(2,3)6-5/h5-14H,15-16H2,1-4H3;4-8H,1-3H3;5H,1-3H3. The predicted octanol–water partition coefficient (Wildman–Crippen LogP) is 8.97. The Labute approximate surface area is 273 Å². The van der Waals surface area contributed by atoms with Gasteiger partial charge in [-0.2, -0.15) is 14.7 Å². The van der Waals surface area contributed by atoms with Crippen molar-refractivity contribution in [2.75, 3.05) is 0 Å². The minimum absolute atomic E-state index is 0.268. The van der Waals surface area contributed by atoms with Crippen molar-refractivity contribution in [3.05, 3.63) is 102 Å². The summed E-state index contributed by atoms with van der Waals surface area (Å²) in [6.45, 7) is 18.3. The van der Waals surface area contributed by atoms with Gasteiger partial charge in [0.1, 0.15) is 16.8 Å². The summed E-state index contributed by atoms with van der Waals surface area (Å²) >= 11 is 0. The normalized spacial score (nSPS) is 11.6. The van der Waals surface area contributed by atoms with E-state index in [-0.39, 0.29) is 5.60 Å². The highest BCUT2D eigenvalue weighted by Crippen LogP contribution is 2.26. The van der Waals surface area contributed by atoms with Gasteiger partial charge in [-0.25, -0.2) is 14.5 Å². The number of carbonyl (C=O) groups is 2. The summed E-state index contributed by atoms with van der Waals surface area (Å²) in [6.07, 6.45) is 1.01. The van der Waals surface area contributed by atoms with Gasteiger partial charge in [0, 0.05) is 0 Å². The summed E-state index contributed by atoms with van der Waals surface area (Å²) in [5.41, 5.74) is -1.33. The van der Waals surface area contributed by atoms with Crippen molar-refractivity contribution in [3.8, 4) is 5.75 Å². The maximum atomic E-state index is 12.0. The van der Waals surface area contributed by atoms with Gasteiger partial charge in [0.2, 0.25) is 0 Å². The monoisotopic (exact) mass is 642 g/mol. The van der Waals surface area contributed by atoms with Gasteiger partial charge in [-0.1, -0.05) is 54.6 Å². The Hall–Kier alpha value is -3.80. The molecule has 0 aromatic heterocycles. The number of hydrogen-bond acceptors (Lipinski definition) is 10. The number of hydrogen-bond donors (Lipinski definition) is 1. The number of rotatable bonds is 11. The lowest BCUT2D eigenvalue weighted by Gasteiger charge is -2.28. The summed E-state index contributed by atoms with van der Waals surface area (Å²) in [5.74, 6) is -0.380. The number of benzene rings is 3. The molecule has 0 saturated carbocycles. The Kier molecular flexibility index (Phi) is 16.6. The van der Waals surface area contributed by atoms with Crippen LogP contribution < -0.4 is 4.89 Å². The van der Waals surface area contributed by atoms with E-state index in [1.165, 1.54) is 0 Å². The Bertz CT molecular complexity index is 1200. The van der Waals surface area contributed by atoms with E-state index in [4.69, 9.17) is 34.6 Å². The van der Waals surface area contributed by atoms with Crippen LogP contribution in [0.2, 0.25) is 0 Å². The zero-order valence-corrected chi connectivity index (χ0v) is 28.7. The molecule has 10 heteroatoms. The highest BCUT2D eigenvalue weighted by atomic mass is 17.2. The first-order valence-electron chi connectivity index (χ1n) is 15.0. The number of carbonyl (C=O) groups excluding carboxylic acids is 2. The van der Waals surface area contributed by atoms with Gasteiger partial charge >= 0.3 is 11.9 Å². The summed E-state index contributed by atoms with van der Waals surface area (Å²) in [6, 6.07) is 26.7. The van der Waals surface area contributed by atoms with Crippen molar-refractivity contribution in [2.24, 2.45) is 0 Å². The summed E-state index contributed by atoms with van der Waals surface area (Å²) in [5, 5.41) is 7.90. The molecule has 0 spiro atoms. The van der Waals surface area contributed by atoms with Gasteiger partial charge in [0.05, 0.1) is 16.7 Å². The lowest BCUT2D eigenvalue weighted by atomic mass is 9.94. The Morgan fingerprint density at radius 1 is 0.522 bits per heavy atom. The van der Waals surface area contributed by atoms with E-state index < -0.39 is 28.7 Å². The summed E-state index contributed by atoms with van der Waals surface area (Å²) in [7, 11) is 0. The molecule has 1 N–H and O–H groups in total. The molecule has 0 aliphatic heterocycles. The van der Waals surface area contributed by atoms with Crippen LogP contribution in [0.4, 0.5) is 0 Å². The average Bonchev–Trinajstić information content (AvgIpc) is 3.02. The second-order valence-corrected chi connectivity index (χ2v) is 13.5. The van der Waals surface area contributed by atoms with E-state index in [9.17, 15) is 9.59 Å². The molecular weight excluding hydrogens is 592 g/mol. The first kappa shape index (κ1) is 40.2. The molecule has 0 aliphatic carbocycles. The molecule has 0 amide bonds. The lowest BCUT2D eigenvalue weighted by molar-refractivity contribution is -0.325. The van der Waals surface area contributed by atoms with Crippen LogP contribution >= 0.6 is 0 Å². The van der Waals surface area contributed by atoms with Gasteiger partial charge in [0.25, 0.3) is 0 Å². The molecule has 46 heavy (non-hydrogen) atoms. The second-order valence-electron chi connectivity index (χ2n) is 13.5. The van der Waals surface area contributed by atoms with Crippen molar-refractivity contribution >= 4 is 11.9 Å². The number of para-hydroxylation sites is 1. The van der Waals surface area contributed by atoms with Crippen molar-refractivity contribution in [3.63, 3.8) is 0 Å². The van der Waals surface area contributed by atoms with E-state index in [2.05, 4.69) is 4.89 Å². The van der Waals surface area contributed by atoms with E-state index in [0.717, 1.165) is 5.75 Å². The van der Waals surface area contributed by atoms with Crippen molar-refractivity contribution in [2.45, 2.75) is 104 Å². The summed E-state index contributed by atoms with van der Waals surface area (Å²) < 4.78 is 0. The molecular formula is C36H50O10. The quantitative estimate of drug-likeness (QED) is 0.160. The molecule has 0 heterocycles. The maximum Gasteiger partial charge on any atom is 0.373 e. The van der Waals surface area contributed by atoms with Crippen LogP contribution in [0.15, 0.2) is 91.0 Å². The molecule has 0 radical (unpaired) electrons. The van der Waals surface area contributed by atoms with E-state index in [0.29, 0.717) is 24.0 Å². The van der Waals surface area contributed by atoms with Crippen LogP contribution in [0.5, 0.6) is 5.75 Å². The summed E-state index contributed by atoms with van der Waals surface area (Å²) in [4.78, 5) is 58.6. The van der Waals surface area contributed by atoms with Crippen LogP contribution in [0.1, 0.15) is 103 Å². The third-order valence-corrected chi connectivity index (χ3v) is 5.44. The molecule has 3 aromatic carbocycles. The highest BCUT2D eigenvalue weighted by Gasteiger charge is 2.30. The van der Waals surface area contributed by atoms with E-state index in [1.54, 1.807) is 97.0 Å². The van der Waals surface area contributed by atoms with Crippen LogP contribution in [0, 0.1) is 0 Å².